The van der Waals surface area contributed by atoms with Gasteiger partial charge in [0, 0.05) is 18.0 Å². The highest BCUT2D eigenvalue weighted by molar-refractivity contribution is 9.10. The number of halogens is 1. The number of hydrogen-bond acceptors (Lipinski definition) is 5. The van der Waals surface area contributed by atoms with Crippen molar-refractivity contribution < 1.29 is 4.74 Å². The Morgan fingerprint density at radius 2 is 2.26 bits per heavy atom. The average molecular weight is 390 g/mol. The van der Waals surface area contributed by atoms with E-state index in [-0.39, 0.29) is 0 Å². The van der Waals surface area contributed by atoms with Gasteiger partial charge in [-0.25, -0.2) is 5.10 Å². The first-order valence-electron chi connectivity index (χ1n) is 6.65. The van der Waals surface area contributed by atoms with Crippen molar-refractivity contribution in [2.24, 2.45) is 5.10 Å². The molecule has 0 radical (unpaired) electrons. The molecule has 0 unspecified atom stereocenters. The molecule has 0 spiro atoms. The third kappa shape index (κ3) is 3.38. The number of benzene rings is 1. The monoisotopic (exact) mass is 389 g/mol. The number of nitrogens with zero attached hydrogens (tertiary/aromatic N) is 4. The number of H-pyrrole nitrogens is 1. The lowest BCUT2D eigenvalue weighted by atomic mass is 10.2. The van der Waals surface area contributed by atoms with E-state index >= 15 is 0 Å². The molecule has 0 aliphatic heterocycles. The summed E-state index contributed by atoms with van der Waals surface area (Å²) in [7, 11) is 1.62. The average Bonchev–Trinajstić information content (AvgIpc) is 2.94. The minimum atomic E-state index is 0.410. The van der Waals surface area contributed by atoms with E-state index in [9.17, 15) is 0 Å². The first-order chi connectivity index (χ1) is 11.2. The van der Waals surface area contributed by atoms with Gasteiger partial charge >= 0.3 is 0 Å². The van der Waals surface area contributed by atoms with E-state index in [1.54, 1.807) is 30.4 Å². The van der Waals surface area contributed by atoms with Crippen molar-refractivity contribution in [1.82, 2.24) is 19.9 Å². The highest BCUT2D eigenvalue weighted by Crippen LogP contribution is 2.25. The summed E-state index contributed by atoms with van der Waals surface area (Å²) in [5, 5.41) is 11.4. The fourth-order valence-electron chi connectivity index (χ4n) is 1.97. The Hall–Kier alpha value is -2.32. The number of aromatic nitrogens is 4. The Labute approximate surface area is 146 Å². The zero-order chi connectivity index (χ0) is 16.2. The summed E-state index contributed by atoms with van der Waals surface area (Å²) in [5.74, 6) is 1.37. The second-order valence-corrected chi connectivity index (χ2v) is 5.79. The molecule has 1 aromatic carbocycles. The second kappa shape index (κ2) is 6.84. The molecule has 0 bridgehead atoms. The Bertz CT molecular complexity index is 904. The molecule has 8 heteroatoms. The number of nitrogens with one attached hydrogen (secondary N) is 1. The minimum Gasteiger partial charge on any atom is -0.496 e. The van der Waals surface area contributed by atoms with E-state index in [2.05, 4.69) is 36.2 Å². The topological polar surface area (TPSA) is 68.1 Å². The Morgan fingerprint density at radius 1 is 1.39 bits per heavy atom. The van der Waals surface area contributed by atoms with Gasteiger partial charge in [-0.3, -0.25) is 4.98 Å². The van der Waals surface area contributed by atoms with E-state index in [0.717, 1.165) is 21.3 Å². The third-order valence-electron chi connectivity index (χ3n) is 3.07. The van der Waals surface area contributed by atoms with Crippen LogP contribution in [0.4, 0.5) is 0 Å². The standard InChI is InChI=1S/C15H12BrN5OS/c1-22-13-5-4-10(7-12(13)16)8-18-21-14(19-20-15(21)23)11-3-2-6-17-9-11/h2-9H,1H3,(H,20,23)/b18-8-. The molecule has 0 aliphatic carbocycles. The van der Waals surface area contributed by atoms with Crippen LogP contribution in [0.5, 0.6) is 5.75 Å². The fourth-order valence-corrected chi connectivity index (χ4v) is 2.71. The molecule has 23 heavy (non-hydrogen) atoms. The van der Waals surface area contributed by atoms with Gasteiger partial charge in [0.2, 0.25) is 4.77 Å². The van der Waals surface area contributed by atoms with Gasteiger partial charge in [-0.15, -0.1) is 0 Å². The van der Waals surface area contributed by atoms with Crippen LogP contribution >= 0.6 is 28.1 Å². The molecule has 2 aromatic heterocycles. The molecule has 0 atom stereocenters. The van der Waals surface area contributed by atoms with Crippen molar-refractivity contribution in [3.8, 4) is 17.1 Å². The first-order valence-corrected chi connectivity index (χ1v) is 7.85. The number of rotatable bonds is 4. The maximum Gasteiger partial charge on any atom is 0.216 e. The zero-order valence-electron chi connectivity index (χ0n) is 12.1. The summed E-state index contributed by atoms with van der Waals surface area (Å²) in [6, 6.07) is 9.41. The summed E-state index contributed by atoms with van der Waals surface area (Å²) < 4.78 is 8.04. The normalized spacial score (nSPS) is 11.0. The predicted molar refractivity (Wildman–Crippen MR) is 94.3 cm³/mol. The quantitative estimate of drug-likeness (QED) is 0.546. The number of hydrogen-bond donors (Lipinski definition) is 1. The van der Waals surface area contributed by atoms with Crippen LogP contribution in [0.25, 0.3) is 11.4 Å². The number of pyridine rings is 1. The van der Waals surface area contributed by atoms with Gasteiger partial charge in [-0.2, -0.15) is 14.9 Å². The van der Waals surface area contributed by atoms with E-state index in [1.807, 2.05) is 30.3 Å². The molecular formula is C15H12BrN5OS. The molecule has 3 aromatic rings. The van der Waals surface area contributed by atoms with E-state index in [1.165, 1.54) is 0 Å². The van der Waals surface area contributed by atoms with Gasteiger partial charge in [-0.1, -0.05) is 0 Å². The fraction of sp³-hybridized carbons (Fsp3) is 0.0667. The molecule has 0 amide bonds. The lowest BCUT2D eigenvalue weighted by Crippen LogP contribution is -1.95. The van der Waals surface area contributed by atoms with Gasteiger partial charge in [0.15, 0.2) is 5.82 Å². The summed E-state index contributed by atoms with van der Waals surface area (Å²) in [4.78, 5) is 4.09. The molecule has 0 saturated carbocycles. The highest BCUT2D eigenvalue weighted by Gasteiger charge is 2.07. The van der Waals surface area contributed by atoms with Crippen LogP contribution in [-0.4, -0.2) is 33.2 Å². The van der Waals surface area contributed by atoms with Gasteiger partial charge in [0.1, 0.15) is 5.75 Å². The van der Waals surface area contributed by atoms with Crippen molar-refractivity contribution in [1.29, 1.82) is 0 Å². The van der Waals surface area contributed by atoms with Crippen LogP contribution < -0.4 is 4.74 Å². The Kier molecular flexibility index (Phi) is 4.63. The number of ether oxygens (including phenoxy) is 1. The first kappa shape index (κ1) is 15.6. The van der Waals surface area contributed by atoms with E-state index in [4.69, 9.17) is 17.0 Å². The zero-order valence-corrected chi connectivity index (χ0v) is 14.5. The lowest BCUT2D eigenvalue weighted by Gasteiger charge is -2.03. The van der Waals surface area contributed by atoms with Crippen LogP contribution in [0.1, 0.15) is 5.56 Å². The molecule has 0 aliphatic rings. The highest BCUT2D eigenvalue weighted by atomic mass is 79.9. The Morgan fingerprint density at radius 3 is 2.96 bits per heavy atom. The molecule has 1 N–H and O–H groups in total. The molecule has 116 valence electrons. The van der Waals surface area contributed by atoms with Gasteiger partial charge in [-0.05, 0) is 64.0 Å². The largest absolute Gasteiger partial charge is 0.496 e. The van der Waals surface area contributed by atoms with Gasteiger partial charge < -0.3 is 4.74 Å². The lowest BCUT2D eigenvalue weighted by molar-refractivity contribution is 0.412. The molecule has 0 fully saturated rings. The van der Waals surface area contributed by atoms with Gasteiger partial charge in [0.05, 0.1) is 17.8 Å². The molecular weight excluding hydrogens is 378 g/mol. The summed E-state index contributed by atoms with van der Waals surface area (Å²) in [6.45, 7) is 0. The third-order valence-corrected chi connectivity index (χ3v) is 3.95. The van der Waals surface area contributed by atoms with Crippen LogP contribution in [0.2, 0.25) is 0 Å². The minimum absolute atomic E-state index is 0.410. The summed E-state index contributed by atoms with van der Waals surface area (Å²) in [5.41, 5.74) is 1.73. The summed E-state index contributed by atoms with van der Waals surface area (Å²) >= 11 is 8.69. The molecule has 3 rings (SSSR count). The second-order valence-electron chi connectivity index (χ2n) is 4.54. The Balaban J connectivity index is 1.96. The van der Waals surface area contributed by atoms with E-state index < -0.39 is 0 Å². The predicted octanol–water partition coefficient (Wildman–Crippen LogP) is 3.66. The van der Waals surface area contributed by atoms with Crippen LogP contribution in [-0.2, 0) is 0 Å². The number of aromatic amines is 1. The molecule has 6 nitrogen and oxygen atoms in total. The maximum atomic E-state index is 5.24. The maximum absolute atomic E-state index is 5.24. The van der Waals surface area contributed by atoms with Gasteiger partial charge in [0.25, 0.3) is 0 Å². The van der Waals surface area contributed by atoms with Crippen LogP contribution in [0, 0.1) is 4.77 Å². The summed E-state index contributed by atoms with van der Waals surface area (Å²) in [6.07, 6.45) is 5.11. The van der Waals surface area contributed by atoms with Crippen molar-refractivity contribution in [3.05, 3.63) is 57.5 Å². The van der Waals surface area contributed by atoms with Crippen molar-refractivity contribution in [3.63, 3.8) is 0 Å². The van der Waals surface area contributed by atoms with Crippen molar-refractivity contribution in [2.45, 2.75) is 0 Å². The smallest absolute Gasteiger partial charge is 0.216 e. The molecule has 0 saturated heterocycles. The SMILES string of the molecule is COc1ccc(/C=N\n2c(-c3cccnc3)n[nH]c2=S)cc1Br. The van der Waals surface area contributed by atoms with E-state index in [0.29, 0.717) is 10.6 Å². The molecule has 2 heterocycles. The van der Waals surface area contributed by atoms with Crippen LogP contribution in [0.15, 0.2) is 52.3 Å². The van der Waals surface area contributed by atoms with Crippen molar-refractivity contribution >= 4 is 34.4 Å². The number of methoxy groups -OCH3 is 1. The van der Waals surface area contributed by atoms with Crippen LogP contribution in [0.3, 0.4) is 0 Å². The van der Waals surface area contributed by atoms with Crippen molar-refractivity contribution in [2.75, 3.05) is 7.11 Å².